The largest absolute Gasteiger partial charge is 0.310 e. The smallest absolute Gasteiger partial charge is 0.0540 e. The lowest BCUT2D eigenvalue weighted by Crippen LogP contribution is -2.11. The fraction of sp³-hybridized carbons (Fsp3) is 0. The zero-order valence-corrected chi connectivity index (χ0v) is 34.3. The number of rotatable bonds is 11. The van der Waals surface area contributed by atoms with E-state index in [2.05, 4.69) is 277 Å². The molecule has 0 atom stereocenters. The summed E-state index contributed by atoms with van der Waals surface area (Å²) >= 11 is 0. The van der Waals surface area contributed by atoms with E-state index in [0.717, 1.165) is 45.3 Å². The van der Waals surface area contributed by atoms with Crippen molar-refractivity contribution in [1.82, 2.24) is 0 Å². The third-order valence-corrected chi connectivity index (χ3v) is 11.5. The number of hydrogen-bond acceptors (Lipinski definition) is 2. The Labute approximate surface area is 364 Å². The molecule has 0 N–H and O–H groups in total. The fourth-order valence-corrected chi connectivity index (χ4v) is 8.39. The minimum Gasteiger partial charge on any atom is -0.310 e. The van der Waals surface area contributed by atoms with Crippen LogP contribution in [0.5, 0.6) is 0 Å². The second-order valence-corrected chi connectivity index (χ2v) is 15.4. The Kier molecular flexibility index (Phi) is 10.8. The molecule has 0 aliphatic rings. The predicted molar refractivity (Wildman–Crippen MR) is 263 cm³/mol. The molecule has 0 spiro atoms. The zero-order valence-electron chi connectivity index (χ0n) is 34.3. The maximum absolute atomic E-state index is 2.37. The summed E-state index contributed by atoms with van der Waals surface area (Å²) in [4.78, 5) is 4.74. The molecule has 0 heterocycles. The van der Waals surface area contributed by atoms with E-state index in [1.165, 1.54) is 44.5 Å². The third-order valence-electron chi connectivity index (χ3n) is 11.5. The van der Waals surface area contributed by atoms with E-state index in [1.807, 2.05) is 0 Å². The molecular weight excluding hydrogens is 749 g/mol. The first-order chi connectivity index (χ1) is 30.8. The highest BCUT2D eigenvalue weighted by molar-refractivity contribution is 5.91. The molecule has 2 heteroatoms. The van der Waals surface area contributed by atoms with Gasteiger partial charge in [0.1, 0.15) is 0 Å². The van der Waals surface area contributed by atoms with Crippen molar-refractivity contribution in [3.63, 3.8) is 0 Å². The second-order valence-electron chi connectivity index (χ2n) is 15.4. The van der Waals surface area contributed by atoms with Gasteiger partial charge >= 0.3 is 0 Å². The second kappa shape index (κ2) is 17.6. The van der Waals surface area contributed by atoms with Crippen LogP contribution in [0.15, 0.2) is 267 Å². The monoisotopic (exact) mass is 792 g/mol. The van der Waals surface area contributed by atoms with Gasteiger partial charge in [-0.3, -0.25) is 0 Å². The van der Waals surface area contributed by atoms with Gasteiger partial charge in [0.2, 0.25) is 0 Å². The normalized spacial score (nSPS) is 10.9. The van der Waals surface area contributed by atoms with Crippen molar-refractivity contribution in [2.45, 2.75) is 0 Å². The van der Waals surface area contributed by atoms with E-state index in [-0.39, 0.29) is 0 Å². The van der Waals surface area contributed by atoms with E-state index in [0.29, 0.717) is 0 Å². The molecule has 0 fully saturated rings. The van der Waals surface area contributed by atoms with E-state index in [9.17, 15) is 0 Å². The molecule has 0 radical (unpaired) electrons. The molecule has 0 bridgehead atoms. The van der Waals surface area contributed by atoms with Gasteiger partial charge in [0.25, 0.3) is 0 Å². The van der Waals surface area contributed by atoms with Gasteiger partial charge in [-0.05, 0) is 105 Å². The summed E-state index contributed by atoms with van der Waals surface area (Å²) in [7, 11) is 0. The minimum atomic E-state index is 1.09. The number of nitrogens with zero attached hydrogens (tertiary/aromatic N) is 2. The summed E-state index contributed by atoms with van der Waals surface area (Å²) in [6.07, 6.45) is 0. The van der Waals surface area contributed by atoms with Gasteiger partial charge < -0.3 is 9.80 Å². The molecule has 0 saturated heterocycles. The van der Waals surface area contributed by atoms with E-state index < -0.39 is 0 Å². The Bertz CT molecular complexity index is 2790. The summed E-state index contributed by atoms with van der Waals surface area (Å²) < 4.78 is 0. The van der Waals surface area contributed by atoms with Gasteiger partial charge in [-0.25, -0.2) is 0 Å². The molecule has 62 heavy (non-hydrogen) atoms. The van der Waals surface area contributed by atoms with Crippen molar-refractivity contribution >= 4 is 34.1 Å². The van der Waals surface area contributed by atoms with Gasteiger partial charge in [0.05, 0.1) is 11.4 Å². The summed E-state index contributed by atoms with van der Waals surface area (Å²) in [5, 5.41) is 0. The third kappa shape index (κ3) is 7.93. The van der Waals surface area contributed by atoms with Crippen molar-refractivity contribution in [3.05, 3.63) is 267 Å². The highest BCUT2D eigenvalue weighted by Gasteiger charge is 2.19. The molecule has 0 amide bonds. The van der Waals surface area contributed by atoms with Crippen LogP contribution in [0.4, 0.5) is 34.1 Å². The lowest BCUT2D eigenvalue weighted by atomic mass is 9.99. The average Bonchev–Trinajstić information content (AvgIpc) is 3.36. The maximum Gasteiger partial charge on any atom is 0.0540 e. The number of anilines is 6. The minimum absolute atomic E-state index is 1.09. The first kappa shape index (κ1) is 38.0. The molecule has 0 unspecified atom stereocenters. The van der Waals surface area contributed by atoms with Crippen LogP contribution in [0.2, 0.25) is 0 Å². The Morgan fingerprint density at radius 2 is 0.371 bits per heavy atom. The van der Waals surface area contributed by atoms with Gasteiger partial charge in [-0.2, -0.15) is 0 Å². The molecule has 10 rings (SSSR count). The van der Waals surface area contributed by atoms with E-state index in [1.54, 1.807) is 0 Å². The van der Waals surface area contributed by atoms with Crippen LogP contribution in [0.25, 0.3) is 55.6 Å². The first-order valence-corrected chi connectivity index (χ1v) is 21.2. The van der Waals surface area contributed by atoms with Crippen molar-refractivity contribution in [2.75, 3.05) is 9.80 Å². The molecule has 0 saturated carbocycles. The molecule has 294 valence electrons. The number of benzene rings is 10. The van der Waals surface area contributed by atoms with Crippen molar-refractivity contribution < 1.29 is 0 Å². The number of para-hydroxylation sites is 2. The van der Waals surface area contributed by atoms with Gasteiger partial charge in [0, 0.05) is 33.9 Å². The summed E-state index contributed by atoms with van der Waals surface area (Å²) in [5.74, 6) is 0. The Morgan fingerprint density at radius 1 is 0.161 bits per heavy atom. The maximum atomic E-state index is 2.37. The lowest BCUT2D eigenvalue weighted by Gasteiger charge is -2.28. The van der Waals surface area contributed by atoms with Gasteiger partial charge in [-0.15, -0.1) is 0 Å². The predicted octanol–water partition coefficient (Wildman–Crippen LogP) is 17.0. The van der Waals surface area contributed by atoms with Gasteiger partial charge in [-0.1, -0.05) is 206 Å². The molecule has 0 aliphatic heterocycles. The summed E-state index contributed by atoms with van der Waals surface area (Å²) in [6, 6.07) is 95.5. The van der Waals surface area contributed by atoms with Crippen LogP contribution in [0.1, 0.15) is 0 Å². The first-order valence-electron chi connectivity index (χ1n) is 21.2. The van der Waals surface area contributed by atoms with Crippen LogP contribution in [-0.4, -0.2) is 0 Å². The number of hydrogen-bond donors (Lipinski definition) is 0. The van der Waals surface area contributed by atoms with Crippen LogP contribution in [-0.2, 0) is 0 Å². The van der Waals surface area contributed by atoms with Crippen LogP contribution >= 0.6 is 0 Å². The topological polar surface area (TPSA) is 6.48 Å². The molecule has 0 aliphatic carbocycles. The highest BCUT2D eigenvalue weighted by atomic mass is 15.1. The van der Waals surface area contributed by atoms with Crippen LogP contribution in [0.3, 0.4) is 0 Å². The SMILES string of the molecule is c1ccc(-c2ccc(N(c3ccc(-c4ccc(N(c5ccc(-c6ccccc6)cc5)c5ccccc5-c5ccccc5)cc4)cc3)c3ccccc3-c3ccccc3)cc2)cc1. The van der Waals surface area contributed by atoms with Crippen molar-refractivity contribution in [1.29, 1.82) is 0 Å². The zero-order chi connectivity index (χ0) is 41.5. The average molecular weight is 793 g/mol. The molecule has 2 nitrogen and oxygen atoms in total. The van der Waals surface area contributed by atoms with Gasteiger partial charge in [0.15, 0.2) is 0 Å². The summed E-state index contributed by atoms with van der Waals surface area (Å²) in [6.45, 7) is 0. The quantitative estimate of drug-likeness (QED) is 0.129. The van der Waals surface area contributed by atoms with E-state index >= 15 is 0 Å². The Balaban J connectivity index is 1.01. The van der Waals surface area contributed by atoms with Crippen LogP contribution < -0.4 is 9.80 Å². The summed E-state index contributed by atoms with van der Waals surface area (Å²) in [5.41, 5.74) is 18.4. The highest BCUT2D eigenvalue weighted by Crippen LogP contribution is 2.44. The molecule has 10 aromatic carbocycles. The fourth-order valence-electron chi connectivity index (χ4n) is 8.39. The molecular formula is C60H44N2. The lowest BCUT2D eigenvalue weighted by molar-refractivity contribution is 1.28. The van der Waals surface area contributed by atoms with Crippen molar-refractivity contribution in [3.8, 4) is 55.6 Å². The standard InChI is InChI=1S/C60H44N2/c1-5-17-45(18-6-1)47-29-37-53(38-30-47)61(59-27-15-13-25-57(59)51-21-9-3-10-22-51)55-41-33-49(34-42-55)50-35-43-56(44-36-50)62(54-39-31-48(32-40-54)46-19-7-2-8-20-46)60-28-16-14-26-58(60)52-23-11-4-12-24-52/h1-44H. The van der Waals surface area contributed by atoms with Crippen LogP contribution in [0, 0.1) is 0 Å². The molecule has 10 aromatic rings. The molecule has 0 aromatic heterocycles. The van der Waals surface area contributed by atoms with Crippen molar-refractivity contribution in [2.24, 2.45) is 0 Å². The Hall–Kier alpha value is -8.20. The van der Waals surface area contributed by atoms with E-state index in [4.69, 9.17) is 0 Å². The Morgan fingerprint density at radius 3 is 0.645 bits per heavy atom.